The van der Waals surface area contributed by atoms with Crippen molar-refractivity contribution >= 4 is 17.6 Å². The van der Waals surface area contributed by atoms with Crippen molar-refractivity contribution in [1.82, 2.24) is 15.1 Å². The number of para-hydroxylation sites is 1. The van der Waals surface area contributed by atoms with Gasteiger partial charge in [0, 0.05) is 19.2 Å². The van der Waals surface area contributed by atoms with E-state index >= 15 is 0 Å². The van der Waals surface area contributed by atoms with Crippen LogP contribution < -0.4 is 21.5 Å². The molecule has 0 spiro atoms. The van der Waals surface area contributed by atoms with Gasteiger partial charge >= 0.3 is 0 Å². The molecule has 2 amide bonds. The van der Waals surface area contributed by atoms with Gasteiger partial charge in [-0.1, -0.05) is 42.5 Å². The molecule has 0 saturated heterocycles. The first-order valence-corrected chi connectivity index (χ1v) is 9.53. The highest BCUT2D eigenvalue weighted by atomic mass is 16.5. The molecule has 0 bridgehead atoms. The fourth-order valence-electron chi connectivity index (χ4n) is 2.87. The van der Waals surface area contributed by atoms with Crippen LogP contribution in [0.5, 0.6) is 5.75 Å². The summed E-state index contributed by atoms with van der Waals surface area (Å²) in [6.45, 7) is 5.59. The van der Waals surface area contributed by atoms with Gasteiger partial charge in [0.1, 0.15) is 22.8 Å². The van der Waals surface area contributed by atoms with Crippen LogP contribution in [0.3, 0.4) is 0 Å². The van der Waals surface area contributed by atoms with Gasteiger partial charge in [-0.05, 0) is 24.6 Å². The molecule has 162 valence electrons. The topological polar surface area (TPSA) is 125 Å². The Hall–Kier alpha value is -4.07. The molecular formula is C23H27N5O3. The first-order chi connectivity index (χ1) is 14.8. The second-order valence-electron chi connectivity index (χ2n) is 6.58. The fraction of sp³-hybridized carbons (Fsp3) is 0.174. The fourth-order valence-corrected chi connectivity index (χ4v) is 2.87. The van der Waals surface area contributed by atoms with Gasteiger partial charge in [0.25, 0.3) is 11.8 Å². The molecule has 0 atom stereocenters. The molecule has 3 rings (SSSR count). The molecule has 0 aliphatic rings. The van der Waals surface area contributed by atoms with E-state index in [0.717, 1.165) is 5.56 Å². The van der Waals surface area contributed by atoms with Crippen molar-refractivity contribution in [2.45, 2.75) is 13.5 Å². The number of methoxy groups -OCH3 is 1. The van der Waals surface area contributed by atoms with Gasteiger partial charge in [-0.25, -0.2) is 0 Å². The van der Waals surface area contributed by atoms with Gasteiger partial charge in [0.05, 0.1) is 12.7 Å². The lowest BCUT2D eigenvalue weighted by Crippen LogP contribution is -2.23. The third-order valence-corrected chi connectivity index (χ3v) is 4.37. The first-order valence-electron chi connectivity index (χ1n) is 9.53. The molecule has 5 N–H and O–H groups in total. The van der Waals surface area contributed by atoms with Crippen molar-refractivity contribution < 1.29 is 14.3 Å². The Bertz CT molecular complexity index is 1070. The highest BCUT2D eigenvalue weighted by Gasteiger charge is 2.20. The summed E-state index contributed by atoms with van der Waals surface area (Å²) in [4.78, 5) is 24.1. The van der Waals surface area contributed by atoms with Crippen LogP contribution in [-0.4, -0.2) is 28.7 Å². The molecule has 0 saturated carbocycles. The minimum Gasteiger partial charge on any atom is -0.496 e. The number of nitrogens with two attached hydrogens (primary N) is 2. The molecule has 0 aliphatic carbocycles. The van der Waals surface area contributed by atoms with E-state index in [1.54, 1.807) is 49.5 Å². The Kier molecular flexibility index (Phi) is 7.96. The Balaban J connectivity index is 0.00000107. The van der Waals surface area contributed by atoms with Gasteiger partial charge in [0.2, 0.25) is 0 Å². The lowest BCUT2D eigenvalue weighted by Gasteiger charge is -2.09. The predicted molar refractivity (Wildman–Crippen MR) is 122 cm³/mol. The molecule has 0 radical (unpaired) electrons. The second kappa shape index (κ2) is 10.6. The van der Waals surface area contributed by atoms with Crippen molar-refractivity contribution in [3.8, 4) is 17.0 Å². The highest BCUT2D eigenvalue weighted by molar-refractivity contribution is 6.03. The van der Waals surface area contributed by atoms with Gasteiger partial charge in [-0.2, -0.15) is 5.10 Å². The molecule has 2 aromatic carbocycles. The summed E-state index contributed by atoms with van der Waals surface area (Å²) in [6.07, 6.45) is 1.75. The second-order valence-corrected chi connectivity index (χ2v) is 6.58. The SMILES string of the molecule is C=CC.COc1ccccc1C(=O)NCc1ccc(-c2nn(C)c(N)c2C(N)=O)cc1. The summed E-state index contributed by atoms with van der Waals surface area (Å²) in [5, 5.41) is 7.13. The molecule has 8 nitrogen and oxygen atoms in total. The van der Waals surface area contributed by atoms with Gasteiger partial charge in [-0.3, -0.25) is 14.3 Å². The number of nitrogens with zero attached hydrogens (tertiary/aromatic N) is 2. The molecule has 1 aromatic heterocycles. The Morgan fingerprint density at radius 3 is 2.39 bits per heavy atom. The van der Waals surface area contributed by atoms with Gasteiger partial charge in [-0.15, -0.1) is 6.58 Å². The zero-order valence-electron chi connectivity index (χ0n) is 17.9. The molecule has 31 heavy (non-hydrogen) atoms. The Morgan fingerprint density at radius 1 is 1.19 bits per heavy atom. The Labute approximate surface area is 181 Å². The maximum absolute atomic E-state index is 12.4. The van der Waals surface area contributed by atoms with Crippen LogP contribution in [0.4, 0.5) is 5.82 Å². The van der Waals surface area contributed by atoms with Crippen LogP contribution in [0.25, 0.3) is 11.3 Å². The zero-order chi connectivity index (χ0) is 23.0. The minimum atomic E-state index is -0.631. The average molecular weight is 422 g/mol. The van der Waals surface area contributed by atoms with E-state index in [1.807, 2.05) is 19.1 Å². The number of amides is 2. The van der Waals surface area contributed by atoms with E-state index in [9.17, 15) is 9.59 Å². The summed E-state index contributed by atoms with van der Waals surface area (Å²) in [5.74, 6) is -0.124. The summed E-state index contributed by atoms with van der Waals surface area (Å²) < 4.78 is 6.62. The Morgan fingerprint density at radius 2 is 1.81 bits per heavy atom. The number of hydrogen-bond donors (Lipinski definition) is 3. The normalized spacial score (nSPS) is 9.90. The van der Waals surface area contributed by atoms with E-state index in [-0.39, 0.29) is 17.3 Å². The van der Waals surface area contributed by atoms with Crippen LogP contribution in [0.2, 0.25) is 0 Å². The number of nitrogen functional groups attached to an aromatic ring is 1. The molecule has 8 heteroatoms. The van der Waals surface area contributed by atoms with Crippen molar-refractivity contribution in [2.75, 3.05) is 12.8 Å². The standard InChI is InChI=1S/C20H21N5O3.C3H6/c1-25-18(21)16(19(22)26)17(24-25)13-9-7-12(8-10-13)11-23-20(27)14-5-3-4-6-15(14)28-2;1-3-2/h3-10H,11,21H2,1-2H3,(H2,22,26)(H,23,27);3H,1H2,2H3. The first kappa shape index (κ1) is 23.2. The summed E-state index contributed by atoms with van der Waals surface area (Å²) in [7, 11) is 3.17. The smallest absolute Gasteiger partial charge is 0.255 e. The third kappa shape index (κ3) is 5.51. The molecule has 0 aliphatic heterocycles. The largest absolute Gasteiger partial charge is 0.496 e. The van der Waals surface area contributed by atoms with Crippen LogP contribution in [-0.2, 0) is 13.6 Å². The average Bonchev–Trinajstić information content (AvgIpc) is 3.07. The van der Waals surface area contributed by atoms with Crippen LogP contribution >= 0.6 is 0 Å². The number of anilines is 1. The maximum atomic E-state index is 12.4. The van der Waals surface area contributed by atoms with Gasteiger partial charge < -0.3 is 21.5 Å². The molecular weight excluding hydrogens is 394 g/mol. The lowest BCUT2D eigenvalue weighted by molar-refractivity contribution is 0.0946. The number of nitrogens with one attached hydrogen (secondary N) is 1. The van der Waals surface area contributed by atoms with Crippen LogP contribution in [0.1, 0.15) is 33.2 Å². The zero-order valence-corrected chi connectivity index (χ0v) is 17.9. The molecule has 0 unspecified atom stereocenters. The molecule has 1 heterocycles. The number of benzene rings is 2. The van der Waals surface area contributed by atoms with E-state index in [4.69, 9.17) is 16.2 Å². The van der Waals surface area contributed by atoms with Crippen molar-refractivity contribution in [2.24, 2.45) is 12.8 Å². The number of allylic oxidation sites excluding steroid dienone is 1. The number of rotatable bonds is 6. The number of primary amides is 1. The van der Waals surface area contributed by atoms with E-state index < -0.39 is 5.91 Å². The van der Waals surface area contributed by atoms with Gasteiger partial charge in [0.15, 0.2) is 0 Å². The number of hydrogen-bond acceptors (Lipinski definition) is 5. The minimum absolute atomic E-state index is 0.194. The highest BCUT2D eigenvalue weighted by Crippen LogP contribution is 2.26. The van der Waals surface area contributed by atoms with E-state index in [0.29, 0.717) is 29.1 Å². The quantitative estimate of drug-likeness (QED) is 0.528. The molecule has 3 aromatic rings. The summed E-state index contributed by atoms with van der Waals surface area (Å²) in [5.41, 5.74) is 14.0. The summed E-state index contributed by atoms with van der Waals surface area (Å²) in [6, 6.07) is 14.3. The predicted octanol–water partition coefficient (Wildman–Crippen LogP) is 2.90. The maximum Gasteiger partial charge on any atom is 0.255 e. The van der Waals surface area contributed by atoms with Crippen molar-refractivity contribution in [3.63, 3.8) is 0 Å². The summed E-state index contributed by atoms with van der Waals surface area (Å²) >= 11 is 0. The van der Waals surface area contributed by atoms with E-state index in [2.05, 4.69) is 17.0 Å². The number of carbonyl (C=O) groups excluding carboxylic acids is 2. The van der Waals surface area contributed by atoms with E-state index in [1.165, 1.54) is 11.8 Å². The number of carbonyl (C=O) groups is 2. The van der Waals surface area contributed by atoms with Crippen molar-refractivity contribution in [3.05, 3.63) is 77.9 Å². The number of aryl methyl sites for hydroxylation is 1. The third-order valence-electron chi connectivity index (χ3n) is 4.37. The van der Waals surface area contributed by atoms with Crippen molar-refractivity contribution in [1.29, 1.82) is 0 Å². The monoisotopic (exact) mass is 421 g/mol. The lowest BCUT2D eigenvalue weighted by atomic mass is 10.0. The molecule has 0 fully saturated rings. The number of ether oxygens (including phenoxy) is 1. The van der Waals surface area contributed by atoms with Crippen LogP contribution in [0.15, 0.2) is 61.2 Å². The van der Waals surface area contributed by atoms with Crippen LogP contribution in [0, 0.1) is 0 Å². The number of aromatic nitrogens is 2.